The Kier molecular flexibility index (Phi) is 4.23. The molecule has 0 saturated heterocycles. The summed E-state index contributed by atoms with van der Waals surface area (Å²) in [5, 5.41) is 2.32. The van der Waals surface area contributed by atoms with E-state index in [1.165, 1.54) is 12.1 Å². The third-order valence-electron chi connectivity index (χ3n) is 2.63. The first-order valence-corrected chi connectivity index (χ1v) is 6.15. The Labute approximate surface area is 123 Å². The molecule has 2 rings (SSSR count). The fourth-order valence-electron chi connectivity index (χ4n) is 1.76. The van der Waals surface area contributed by atoms with E-state index in [-0.39, 0.29) is 21.8 Å². The van der Waals surface area contributed by atoms with Crippen molar-refractivity contribution in [3.63, 3.8) is 0 Å². The molecule has 21 heavy (non-hydrogen) atoms. The Bertz CT molecular complexity index is 714. The van der Waals surface area contributed by atoms with Gasteiger partial charge >= 0.3 is 0 Å². The first-order chi connectivity index (χ1) is 9.88. The van der Waals surface area contributed by atoms with Crippen molar-refractivity contribution >= 4 is 28.8 Å². The molecule has 0 heterocycles. The summed E-state index contributed by atoms with van der Waals surface area (Å²) < 4.78 is 39.8. The van der Waals surface area contributed by atoms with Gasteiger partial charge in [0.25, 0.3) is 5.91 Å². The molecule has 0 saturated carbocycles. The van der Waals surface area contributed by atoms with Crippen molar-refractivity contribution in [1.82, 2.24) is 0 Å². The van der Waals surface area contributed by atoms with Crippen LogP contribution in [0.5, 0.6) is 0 Å². The number of rotatable bonds is 3. The van der Waals surface area contributed by atoms with Crippen LogP contribution in [0.25, 0.3) is 0 Å². The maximum Gasteiger partial charge on any atom is 0.255 e. The Hall–Kier alpha value is -2.41. The largest absolute Gasteiger partial charge is 0.389 e. The van der Waals surface area contributed by atoms with Gasteiger partial charge in [0.15, 0.2) is 0 Å². The quantitative estimate of drug-likeness (QED) is 0.857. The van der Waals surface area contributed by atoms with Crippen molar-refractivity contribution in [2.75, 3.05) is 5.32 Å². The van der Waals surface area contributed by atoms with Gasteiger partial charge in [0, 0.05) is 11.6 Å². The first-order valence-electron chi connectivity index (χ1n) is 5.74. The molecular weight excluding hydrogens is 301 g/mol. The fraction of sp³-hybridized carbons (Fsp3) is 0. The minimum atomic E-state index is -0.894. The molecule has 3 nitrogen and oxygen atoms in total. The molecule has 0 fully saturated rings. The highest BCUT2D eigenvalue weighted by Crippen LogP contribution is 2.20. The Balaban J connectivity index is 2.36. The van der Waals surface area contributed by atoms with Crippen molar-refractivity contribution in [2.24, 2.45) is 5.73 Å². The molecule has 1 amide bonds. The monoisotopic (exact) mass is 310 g/mol. The highest BCUT2D eigenvalue weighted by molar-refractivity contribution is 7.80. The molecule has 0 unspecified atom stereocenters. The summed E-state index contributed by atoms with van der Waals surface area (Å²) in [7, 11) is 0. The van der Waals surface area contributed by atoms with Crippen LogP contribution in [0.4, 0.5) is 18.9 Å². The highest BCUT2D eigenvalue weighted by Gasteiger charge is 2.15. The predicted octanol–water partition coefficient (Wildman–Crippen LogP) is 2.99. The minimum absolute atomic E-state index is 0.0252. The second-order valence-corrected chi connectivity index (χ2v) is 4.58. The standard InChI is InChI=1S/C14H9F3N2OS/c15-8-4-7(5-9(16)6-8)14(20)19-11-3-1-2-10(17)12(11)13(18)21/h1-6H,(H2,18,21)(H,19,20). The number of nitrogens with two attached hydrogens (primary N) is 1. The zero-order valence-electron chi connectivity index (χ0n) is 10.5. The number of amides is 1. The number of anilines is 1. The topological polar surface area (TPSA) is 55.1 Å². The molecular formula is C14H9F3N2OS. The van der Waals surface area contributed by atoms with Crippen LogP contribution in [0.3, 0.4) is 0 Å². The molecule has 0 spiro atoms. The van der Waals surface area contributed by atoms with Crippen molar-refractivity contribution < 1.29 is 18.0 Å². The summed E-state index contributed by atoms with van der Waals surface area (Å²) in [6, 6.07) is 6.21. The third kappa shape index (κ3) is 3.38. The SMILES string of the molecule is NC(=S)c1c(F)cccc1NC(=O)c1cc(F)cc(F)c1. The lowest BCUT2D eigenvalue weighted by molar-refractivity contribution is 0.102. The van der Waals surface area contributed by atoms with Gasteiger partial charge in [-0.3, -0.25) is 4.79 Å². The maximum absolute atomic E-state index is 13.6. The molecule has 0 bridgehead atoms. The van der Waals surface area contributed by atoms with Gasteiger partial charge in [-0.2, -0.15) is 0 Å². The number of carbonyl (C=O) groups is 1. The van der Waals surface area contributed by atoms with E-state index in [1.807, 2.05) is 0 Å². The molecule has 3 N–H and O–H groups in total. The van der Waals surface area contributed by atoms with E-state index in [4.69, 9.17) is 18.0 Å². The van der Waals surface area contributed by atoms with Crippen LogP contribution >= 0.6 is 12.2 Å². The molecule has 0 aromatic heterocycles. The van der Waals surface area contributed by atoms with Crippen LogP contribution in [0.2, 0.25) is 0 Å². The summed E-state index contributed by atoms with van der Waals surface area (Å²) in [5.41, 5.74) is 5.04. The van der Waals surface area contributed by atoms with E-state index in [9.17, 15) is 18.0 Å². The summed E-state index contributed by atoms with van der Waals surface area (Å²) in [6.07, 6.45) is 0. The van der Waals surface area contributed by atoms with Gasteiger partial charge in [0.1, 0.15) is 22.4 Å². The van der Waals surface area contributed by atoms with Crippen LogP contribution in [0.1, 0.15) is 15.9 Å². The van der Waals surface area contributed by atoms with E-state index in [0.717, 1.165) is 18.2 Å². The van der Waals surface area contributed by atoms with Crippen molar-refractivity contribution in [1.29, 1.82) is 0 Å². The zero-order valence-corrected chi connectivity index (χ0v) is 11.3. The van der Waals surface area contributed by atoms with E-state index in [2.05, 4.69) is 5.32 Å². The van der Waals surface area contributed by atoms with Crippen LogP contribution in [0.15, 0.2) is 36.4 Å². The molecule has 0 aliphatic carbocycles. The summed E-state index contributed by atoms with van der Waals surface area (Å²) in [4.78, 5) is 11.7. The number of benzene rings is 2. The molecule has 0 aliphatic rings. The van der Waals surface area contributed by atoms with Gasteiger partial charge in [-0.05, 0) is 24.3 Å². The van der Waals surface area contributed by atoms with Crippen molar-refractivity contribution in [2.45, 2.75) is 0 Å². The van der Waals surface area contributed by atoms with Gasteiger partial charge in [0.05, 0.1) is 11.3 Å². The lowest BCUT2D eigenvalue weighted by atomic mass is 10.1. The number of carbonyl (C=O) groups excluding carboxylic acids is 1. The number of hydrogen-bond acceptors (Lipinski definition) is 2. The molecule has 7 heteroatoms. The zero-order chi connectivity index (χ0) is 15.6. The van der Waals surface area contributed by atoms with Crippen molar-refractivity contribution in [3.05, 3.63) is 65.0 Å². The molecule has 0 radical (unpaired) electrons. The minimum Gasteiger partial charge on any atom is -0.389 e. The van der Waals surface area contributed by atoms with Crippen LogP contribution in [-0.4, -0.2) is 10.9 Å². The fourth-order valence-corrected chi connectivity index (χ4v) is 1.97. The van der Waals surface area contributed by atoms with Gasteiger partial charge < -0.3 is 11.1 Å². The number of halogens is 3. The van der Waals surface area contributed by atoms with E-state index >= 15 is 0 Å². The molecule has 2 aromatic carbocycles. The van der Waals surface area contributed by atoms with Crippen LogP contribution in [0, 0.1) is 17.5 Å². The first kappa shape index (κ1) is 15.0. The average Bonchev–Trinajstić information content (AvgIpc) is 2.37. The number of hydrogen-bond donors (Lipinski definition) is 2. The average molecular weight is 310 g/mol. The molecule has 2 aromatic rings. The molecule has 0 aliphatic heterocycles. The van der Waals surface area contributed by atoms with E-state index in [1.54, 1.807) is 0 Å². The Morgan fingerprint density at radius 2 is 1.71 bits per heavy atom. The van der Waals surface area contributed by atoms with Gasteiger partial charge in [-0.25, -0.2) is 13.2 Å². The van der Waals surface area contributed by atoms with Gasteiger partial charge in [-0.1, -0.05) is 18.3 Å². The van der Waals surface area contributed by atoms with Crippen LogP contribution in [-0.2, 0) is 0 Å². The van der Waals surface area contributed by atoms with E-state index < -0.39 is 23.4 Å². The van der Waals surface area contributed by atoms with Crippen molar-refractivity contribution in [3.8, 4) is 0 Å². The summed E-state index contributed by atoms with van der Waals surface area (Å²) >= 11 is 4.71. The summed E-state index contributed by atoms with van der Waals surface area (Å²) in [6.45, 7) is 0. The van der Waals surface area contributed by atoms with Crippen LogP contribution < -0.4 is 11.1 Å². The molecule has 108 valence electrons. The highest BCUT2D eigenvalue weighted by atomic mass is 32.1. The predicted molar refractivity (Wildman–Crippen MR) is 76.6 cm³/mol. The smallest absolute Gasteiger partial charge is 0.255 e. The number of thiocarbonyl (C=S) groups is 1. The Morgan fingerprint density at radius 3 is 2.29 bits per heavy atom. The summed E-state index contributed by atoms with van der Waals surface area (Å²) in [5.74, 6) is -3.30. The van der Waals surface area contributed by atoms with Gasteiger partial charge in [-0.15, -0.1) is 0 Å². The van der Waals surface area contributed by atoms with Gasteiger partial charge in [0.2, 0.25) is 0 Å². The lowest BCUT2D eigenvalue weighted by Crippen LogP contribution is -2.19. The Morgan fingerprint density at radius 1 is 1.10 bits per heavy atom. The molecule has 0 atom stereocenters. The normalized spacial score (nSPS) is 10.2. The third-order valence-corrected chi connectivity index (χ3v) is 2.84. The maximum atomic E-state index is 13.6. The lowest BCUT2D eigenvalue weighted by Gasteiger charge is -2.11. The van der Waals surface area contributed by atoms with E-state index in [0.29, 0.717) is 6.07 Å². The second-order valence-electron chi connectivity index (χ2n) is 4.14. The second kappa shape index (κ2) is 5.92. The number of nitrogens with one attached hydrogen (secondary N) is 1.